The van der Waals surface area contributed by atoms with Crippen molar-refractivity contribution < 1.29 is 14.6 Å². The number of carbonyl (C=O) groups is 1. The maximum Gasteiger partial charge on any atom is 0.313 e. The van der Waals surface area contributed by atoms with Crippen molar-refractivity contribution in [1.29, 1.82) is 0 Å². The van der Waals surface area contributed by atoms with E-state index in [2.05, 4.69) is 15.6 Å². The van der Waals surface area contributed by atoms with Crippen molar-refractivity contribution in [2.45, 2.75) is 42.7 Å². The third-order valence-electron chi connectivity index (χ3n) is 4.29. The number of hydrogen-bond acceptors (Lipinski definition) is 4. The fraction of sp³-hybridized carbons (Fsp3) is 0.467. The van der Waals surface area contributed by atoms with Crippen molar-refractivity contribution in [2.75, 3.05) is 5.75 Å². The second-order valence-corrected chi connectivity index (χ2v) is 6.55. The number of hydrogen-bond donors (Lipinski definition) is 1. The van der Waals surface area contributed by atoms with Crippen molar-refractivity contribution in [2.24, 2.45) is 0 Å². The Morgan fingerprint density at radius 3 is 3.00 bits per heavy atom. The number of carboxylic acid groups (broad SMARTS) is 1. The summed E-state index contributed by atoms with van der Waals surface area (Å²) in [4.78, 5) is 15.5. The van der Waals surface area contributed by atoms with E-state index in [0.717, 1.165) is 35.5 Å². The molecule has 0 radical (unpaired) electrons. The SMILES string of the molecule is O=C(O)CSc1nc2ccccc2n1C1CC2CCC1O2. The summed E-state index contributed by atoms with van der Waals surface area (Å²) in [6.45, 7) is 0. The van der Waals surface area contributed by atoms with Crippen molar-refractivity contribution >= 4 is 28.8 Å². The highest BCUT2D eigenvalue weighted by Crippen LogP contribution is 2.44. The van der Waals surface area contributed by atoms with Gasteiger partial charge in [0.25, 0.3) is 0 Å². The lowest BCUT2D eigenvalue weighted by atomic mass is 9.95. The van der Waals surface area contributed by atoms with E-state index < -0.39 is 5.97 Å². The molecule has 0 saturated carbocycles. The zero-order valence-corrected chi connectivity index (χ0v) is 12.3. The minimum atomic E-state index is -0.817. The minimum Gasteiger partial charge on any atom is -0.481 e. The summed E-state index contributed by atoms with van der Waals surface area (Å²) < 4.78 is 8.17. The Balaban J connectivity index is 1.77. The molecule has 1 N–H and O–H groups in total. The van der Waals surface area contributed by atoms with Gasteiger partial charge in [-0.05, 0) is 31.4 Å². The molecule has 3 unspecified atom stereocenters. The van der Waals surface area contributed by atoms with Gasteiger partial charge in [-0.3, -0.25) is 4.79 Å². The molecule has 0 spiro atoms. The number of thioether (sulfide) groups is 1. The van der Waals surface area contributed by atoms with Crippen LogP contribution < -0.4 is 0 Å². The standard InChI is InChI=1S/C15H16N2O3S/c18-14(19)8-21-15-16-10-3-1-2-4-11(10)17(15)12-7-9-5-6-13(12)20-9/h1-4,9,12-13H,5-8H2,(H,18,19). The minimum absolute atomic E-state index is 0.0327. The largest absolute Gasteiger partial charge is 0.481 e. The van der Waals surface area contributed by atoms with Crippen molar-refractivity contribution in [3.05, 3.63) is 24.3 Å². The van der Waals surface area contributed by atoms with E-state index in [4.69, 9.17) is 9.84 Å². The third kappa shape index (κ3) is 2.22. The first-order chi connectivity index (χ1) is 10.2. The number of nitrogens with zero attached hydrogens (tertiary/aromatic N) is 2. The van der Waals surface area contributed by atoms with Gasteiger partial charge >= 0.3 is 5.97 Å². The molecule has 2 fully saturated rings. The van der Waals surface area contributed by atoms with Crippen LogP contribution in [0.25, 0.3) is 11.0 Å². The van der Waals surface area contributed by atoms with Gasteiger partial charge in [0.15, 0.2) is 5.16 Å². The topological polar surface area (TPSA) is 64.3 Å². The van der Waals surface area contributed by atoms with E-state index in [1.54, 1.807) is 0 Å². The molecule has 110 valence electrons. The lowest BCUT2D eigenvalue weighted by molar-refractivity contribution is -0.133. The number of rotatable bonds is 4. The Labute approximate surface area is 126 Å². The highest BCUT2D eigenvalue weighted by molar-refractivity contribution is 7.99. The number of aromatic nitrogens is 2. The Kier molecular flexibility index (Phi) is 3.15. The number of ether oxygens (including phenoxy) is 1. The van der Waals surface area contributed by atoms with Crippen LogP contribution in [0.15, 0.2) is 29.4 Å². The average Bonchev–Trinajstić information content (AvgIpc) is 3.17. The molecule has 1 aromatic heterocycles. The predicted molar refractivity (Wildman–Crippen MR) is 79.6 cm³/mol. The van der Waals surface area contributed by atoms with Gasteiger partial charge in [-0.15, -0.1) is 0 Å². The molecular formula is C15H16N2O3S. The quantitative estimate of drug-likeness (QED) is 0.880. The van der Waals surface area contributed by atoms with E-state index in [-0.39, 0.29) is 17.9 Å². The molecule has 2 aromatic rings. The monoisotopic (exact) mass is 304 g/mol. The molecule has 2 aliphatic rings. The summed E-state index contributed by atoms with van der Waals surface area (Å²) in [5.41, 5.74) is 2.00. The Morgan fingerprint density at radius 1 is 1.43 bits per heavy atom. The van der Waals surface area contributed by atoms with Crippen LogP contribution in [0, 0.1) is 0 Å². The molecule has 0 amide bonds. The van der Waals surface area contributed by atoms with Gasteiger partial charge in [0.2, 0.25) is 0 Å². The molecule has 3 heterocycles. The van der Waals surface area contributed by atoms with E-state index in [1.807, 2.05) is 18.2 Å². The van der Waals surface area contributed by atoms with E-state index in [0.29, 0.717) is 6.10 Å². The summed E-state index contributed by atoms with van der Waals surface area (Å²) >= 11 is 1.29. The van der Waals surface area contributed by atoms with Gasteiger partial charge in [0.05, 0.1) is 35.0 Å². The van der Waals surface area contributed by atoms with Crippen LogP contribution >= 0.6 is 11.8 Å². The highest BCUT2D eigenvalue weighted by atomic mass is 32.2. The van der Waals surface area contributed by atoms with Crippen molar-refractivity contribution in [3.63, 3.8) is 0 Å². The Morgan fingerprint density at radius 2 is 2.29 bits per heavy atom. The molecular weight excluding hydrogens is 288 g/mol. The van der Waals surface area contributed by atoms with E-state index in [1.165, 1.54) is 11.8 Å². The summed E-state index contributed by atoms with van der Waals surface area (Å²) in [5.74, 6) is -0.784. The number of imidazole rings is 1. The number of para-hydroxylation sites is 2. The molecule has 4 rings (SSSR count). The molecule has 1 aromatic carbocycles. The fourth-order valence-corrected chi connectivity index (χ4v) is 4.24. The van der Waals surface area contributed by atoms with Crippen LogP contribution in [0.1, 0.15) is 25.3 Å². The number of benzene rings is 1. The van der Waals surface area contributed by atoms with Gasteiger partial charge in [-0.2, -0.15) is 0 Å². The normalized spacial score (nSPS) is 27.5. The zero-order valence-electron chi connectivity index (χ0n) is 11.4. The molecule has 2 bridgehead atoms. The average molecular weight is 304 g/mol. The smallest absolute Gasteiger partial charge is 0.313 e. The highest BCUT2D eigenvalue weighted by Gasteiger charge is 2.43. The van der Waals surface area contributed by atoms with Crippen LogP contribution in [0.3, 0.4) is 0 Å². The van der Waals surface area contributed by atoms with Crippen LogP contribution in [0.2, 0.25) is 0 Å². The number of aliphatic carboxylic acids is 1. The summed E-state index contributed by atoms with van der Waals surface area (Å²) in [6.07, 6.45) is 3.84. The van der Waals surface area contributed by atoms with Gasteiger partial charge < -0.3 is 14.4 Å². The van der Waals surface area contributed by atoms with Crippen LogP contribution in [-0.2, 0) is 9.53 Å². The number of carboxylic acids is 1. The van der Waals surface area contributed by atoms with Crippen LogP contribution in [0.5, 0.6) is 0 Å². The molecule has 3 atom stereocenters. The van der Waals surface area contributed by atoms with Crippen molar-refractivity contribution in [3.8, 4) is 0 Å². The summed E-state index contributed by atoms with van der Waals surface area (Å²) in [6, 6.07) is 8.28. The molecule has 21 heavy (non-hydrogen) atoms. The molecule has 5 nitrogen and oxygen atoms in total. The van der Waals surface area contributed by atoms with Gasteiger partial charge in [0.1, 0.15) is 0 Å². The summed E-state index contributed by atoms with van der Waals surface area (Å²) in [7, 11) is 0. The Hall–Kier alpha value is -1.53. The zero-order chi connectivity index (χ0) is 14.4. The second-order valence-electron chi connectivity index (χ2n) is 5.61. The third-order valence-corrected chi connectivity index (χ3v) is 5.23. The lowest BCUT2D eigenvalue weighted by Crippen LogP contribution is -2.21. The molecule has 0 aliphatic carbocycles. The summed E-state index contributed by atoms with van der Waals surface area (Å²) in [5, 5.41) is 9.72. The second kappa shape index (κ2) is 5.03. The van der Waals surface area contributed by atoms with E-state index in [9.17, 15) is 4.79 Å². The van der Waals surface area contributed by atoms with Crippen LogP contribution in [-0.4, -0.2) is 38.6 Å². The van der Waals surface area contributed by atoms with Crippen molar-refractivity contribution in [1.82, 2.24) is 9.55 Å². The maximum atomic E-state index is 10.9. The first-order valence-corrected chi connectivity index (χ1v) is 8.18. The fourth-order valence-electron chi connectivity index (χ4n) is 3.45. The maximum absolute atomic E-state index is 10.9. The molecule has 6 heteroatoms. The van der Waals surface area contributed by atoms with Gasteiger partial charge in [-0.25, -0.2) is 4.98 Å². The number of fused-ring (bicyclic) bond motifs is 3. The first kappa shape index (κ1) is 13.2. The lowest BCUT2D eigenvalue weighted by Gasteiger charge is -2.22. The first-order valence-electron chi connectivity index (χ1n) is 7.19. The van der Waals surface area contributed by atoms with Gasteiger partial charge in [0, 0.05) is 0 Å². The van der Waals surface area contributed by atoms with E-state index >= 15 is 0 Å². The predicted octanol–water partition coefficient (Wildman–Crippen LogP) is 2.71. The van der Waals surface area contributed by atoms with Gasteiger partial charge in [-0.1, -0.05) is 23.9 Å². The molecule has 2 saturated heterocycles. The molecule has 2 aliphatic heterocycles. The Bertz CT molecular complexity index is 699. The van der Waals surface area contributed by atoms with Crippen LogP contribution in [0.4, 0.5) is 0 Å².